The Bertz CT molecular complexity index is 1050. The van der Waals surface area contributed by atoms with Crippen LogP contribution in [0.4, 0.5) is 5.69 Å². The van der Waals surface area contributed by atoms with Gasteiger partial charge in [-0.15, -0.1) is 0 Å². The lowest BCUT2D eigenvalue weighted by atomic mass is 10.2. The van der Waals surface area contributed by atoms with E-state index in [4.69, 9.17) is 9.47 Å². The van der Waals surface area contributed by atoms with E-state index in [1.165, 1.54) is 11.8 Å². The van der Waals surface area contributed by atoms with Gasteiger partial charge in [0.15, 0.2) is 5.16 Å². The summed E-state index contributed by atoms with van der Waals surface area (Å²) in [5, 5.41) is 3.62. The van der Waals surface area contributed by atoms with Crippen molar-refractivity contribution in [3.63, 3.8) is 0 Å². The summed E-state index contributed by atoms with van der Waals surface area (Å²) >= 11 is 1.35. The number of nitrogens with one attached hydrogen (secondary N) is 1. The molecule has 0 aliphatic rings. The fourth-order valence-corrected chi connectivity index (χ4v) is 3.91. The van der Waals surface area contributed by atoms with Crippen LogP contribution in [0, 0.1) is 0 Å². The molecule has 158 valence electrons. The van der Waals surface area contributed by atoms with Crippen LogP contribution in [0.2, 0.25) is 0 Å². The maximum absolute atomic E-state index is 12.5. The van der Waals surface area contributed by atoms with Gasteiger partial charge in [-0.3, -0.25) is 4.79 Å². The van der Waals surface area contributed by atoms with E-state index in [0.29, 0.717) is 42.3 Å². The minimum absolute atomic E-state index is 0.144. The van der Waals surface area contributed by atoms with Gasteiger partial charge in [-0.25, -0.2) is 9.78 Å². The van der Waals surface area contributed by atoms with Crippen LogP contribution in [0.15, 0.2) is 47.6 Å². The molecule has 3 aromatic rings. The van der Waals surface area contributed by atoms with Crippen LogP contribution < -0.4 is 10.1 Å². The summed E-state index contributed by atoms with van der Waals surface area (Å²) < 4.78 is 12.6. The predicted octanol–water partition coefficient (Wildman–Crippen LogP) is 4.36. The number of nitrogens with zero attached hydrogens (tertiary/aromatic N) is 2. The van der Waals surface area contributed by atoms with Gasteiger partial charge in [-0.2, -0.15) is 0 Å². The highest BCUT2D eigenvalue weighted by atomic mass is 32.2. The van der Waals surface area contributed by atoms with E-state index < -0.39 is 0 Å². The Balaban J connectivity index is 1.73. The van der Waals surface area contributed by atoms with Crippen LogP contribution in [0.5, 0.6) is 5.75 Å². The quantitative estimate of drug-likeness (QED) is 0.404. The maximum Gasteiger partial charge on any atom is 0.338 e. The summed E-state index contributed by atoms with van der Waals surface area (Å²) in [6, 6.07) is 12.7. The van der Waals surface area contributed by atoms with Gasteiger partial charge in [0.2, 0.25) is 5.91 Å². The number of amides is 1. The van der Waals surface area contributed by atoms with Crippen LogP contribution in [0.25, 0.3) is 11.0 Å². The van der Waals surface area contributed by atoms with Crippen LogP contribution in [-0.2, 0) is 16.1 Å². The molecule has 0 spiro atoms. The third-order valence-electron chi connectivity index (χ3n) is 4.33. The number of rotatable bonds is 9. The summed E-state index contributed by atoms with van der Waals surface area (Å²) in [5.41, 5.74) is 2.72. The predicted molar refractivity (Wildman–Crippen MR) is 118 cm³/mol. The van der Waals surface area contributed by atoms with Crippen LogP contribution in [0.3, 0.4) is 0 Å². The van der Waals surface area contributed by atoms with Gasteiger partial charge in [0, 0.05) is 6.54 Å². The lowest BCUT2D eigenvalue weighted by Crippen LogP contribution is -2.15. The monoisotopic (exact) mass is 427 g/mol. The van der Waals surface area contributed by atoms with E-state index in [9.17, 15) is 9.59 Å². The molecule has 0 aliphatic carbocycles. The van der Waals surface area contributed by atoms with Crippen LogP contribution in [-0.4, -0.2) is 40.4 Å². The first-order chi connectivity index (χ1) is 14.6. The summed E-state index contributed by atoms with van der Waals surface area (Å²) in [6.45, 7) is 7.24. The van der Waals surface area contributed by atoms with E-state index >= 15 is 0 Å². The summed E-state index contributed by atoms with van der Waals surface area (Å²) in [4.78, 5) is 29.1. The number of para-hydroxylation sites is 2. The molecule has 0 aliphatic heterocycles. The first kappa shape index (κ1) is 21.7. The molecule has 0 saturated carbocycles. The molecule has 0 radical (unpaired) electrons. The zero-order valence-electron chi connectivity index (χ0n) is 17.3. The Morgan fingerprint density at radius 3 is 2.63 bits per heavy atom. The number of ether oxygens (including phenoxy) is 2. The fraction of sp³-hybridized carbons (Fsp3) is 0.318. The molecule has 2 aromatic carbocycles. The Morgan fingerprint density at radius 1 is 1.10 bits per heavy atom. The fourth-order valence-electron chi connectivity index (χ4n) is 3.03. The van der Waals surface area contributed by atoms with Gasteiger partial charge in [0.25, 0.3) is 0 Å². The summed E-state index contributed by atoms with van der Waals surface area (Å²) in [7, 11) is 0. The normalized spacial score (nSPS) is 10.8. The van der Waals surface area contributed by atoms with E-state index in [0.717, 1.165) is 10.7 Å². The SMILES string of the molecule is CCOC(=O)c1ccc2c(c1)nc(SCC(=O)Nc1ccccc1OCC)n2CC. The number of fused-ring (bicyclic) bond motifs is 1. The smallest absolute Gasteiger partial charge is 0.338 e. The standard InChI is InChI=1S/C22H25N3O4S/c1-4-25-18-12-11-15(21(27)29-6-3)13-17(18)24-22(25)30-14-20(26)23-16-9-7-8-10-19(16)28-5-2/h7-13H,4-6,14H2,1-3H3,(H,23,26). The molecule has 8 heteroatoms. The minimum Gasteiger partial charge on any atom is -0.492 e. The molecular formula is C22H25N3O4S. The van der Waals surface area contributed by atoms with E-state index in [1.54, 1.807) is 19.1 Å². The number of hydrogen-bond donors (Lipinski definition) is 1. The Kier molecular flexibility index (Phi) is 7.35. The molecule has 30 heavy (non-hydrogen) atoms. The number of hydrogen-bond acceptors (Lipinski definition) is 6. The van der Waals surface area contributed by atoms with Crippen molar-refractivity contribution in [2.45, 2.75) is 32.5 Å². The largest absolute Gasteiger partial charge is 0.492 e. The number of carbonyl (C=O) groups excluding carboxylic acids is 2. The van der Waals surface area contributed by atoms with Crippen molar-refractivity contribution in [3.8, 4) is 5.75 Å². The van der Waals surface area contributed by atoms with Gasteiger partial charge < -0.3 is 19.4 Å². The molecule has 0 fully saturated rings. The molecule has 7 nitrogen and oxygen atoms in total. The molecule has 3 rings (SSSR count). The highest BCUT2D eigenvalue weighted by Crippen LogP contribution is 2.27. The number of thioether (sulfide) groups is 1. The van der Waals surface area contributed by atoms with Crippen LogP contribution in [0.1, 0.15) is 31.1 Å². The zero-order chi connectivity index (χ0) is 21.5. The van der Waals surface area contributed by atoms with Gasteiger partial charge in [0.1, 0.15) is 5.75 Å². The van der Waals surface area contributed by atoms with Crippen LogP contribution >= 0.6 is 11.8 Å². The average Bonchev–Trinajstić information content (AvgIpc) is 3.10. The number of benzene rings is 2. The third-order valence-corrected chi connectivity index (χ3v) is 5.31. The molecule has 0 atom stereocenters. The lowest BCUT2D eigenvalue weighted by Gasteiger charge is -2.11. The molecule has 1 aromatic heterocycles. The van der Waals surface area contributed by atoms with Crippen molar-refractivity contribution in [1.29, 1.82) is 0 Å². The molecule has 1 amide bonds. The highest BCUT2D eigenvalue weighted by molar-refractivity contribution is 7.99. The van der Waals surface area contributed by atoms with E-state index in [2.05, 4.69) is 10.3 Å². The number of anilines is 1. The number of carbonyl (C=O) groups is 2. The molecule has 1 heterocycles. The second-order valence-corrected chi connectivity index (χ2v) is 7.27. The van der Waals surface area contributed by atoms with Gasteiger partial charge >= 0.3 is 5.97 Å². The first-order valence-electron chi connectivity index (χ1n) is 9.89. The summed E-state index contributed by atoms with van der Waals surface area (Å²) in [6.07, 6.45) is 0. The van der Waals surface area contributed by atoms with Gasteiger partial charge in [-0.1, -0.05) is 23.9 Å². The zero-order valence-corrected chi connectivity index (χ0v) is 18.1. The number of aryl methyl sites for hydroxylation is 1. The Morgan fingerprint density at radius 2 is 1.90 bits per heavy atom. The van der Waals surface area contributed by atoms with Crippen molar-refractivity contribution >= 4 is 40.4 Å². The van der Waals surface area contributed by atoms with Gasteiger partial charge in [0.05, 0.1) is 41.3 Å². The van der Waals surface area contributed by atoms with E-state index in [1.807, 2.05) is 48.7 Å². The van der Waals surface area contributed by atoms with Gasteiger partial charge in [-0.05, 0) is 51.1 Å². The topological polar surface area (TPSA) is 82.4 Å². The lowest BCUT2D eigenvalue weighted by molar-refractivity contribution is -0.113. The Hall–Kier alpha value is -3.00. The van der Waals surface area contributed by atoms with Crippen molar-refractivity contribution in [2.75, 3.05) is 24.3 Å². The third kappa shape index (κ3) is 4.94. The number of esters is 1. The molecule has 0 saturated heterocycles. The van der Waals surface area contributed by atoms with Crippen molar-refractivity contribution in [1.82, 2.24) is 9.55 Å². The Labute approximate surface area is 179 Å². The maximum atomic E-state index is 12.5. The first-order valence-corrected chi connectivity index (χ1v) is 10.9. The summed E-state index contributed by atoms with van der Waals surface area (Å²) in [5.74, 6) is 0.334. The van der Waals surface area contributed by atoms with Crippen molar-refractivity contribution < 1.29 is 19.1 Å². The van der Waals surface area contributed by atoms with Crippen molar-refractivity contribution in [3.05, 3.63) is 48.0 Å². The van der Waals surface area contributed by atoms with E-state index in [-0.39, 0.29) is 17.6 Å². The number of imidazole rings is 1. The number of aromatic nitrogens is 2. The van der Waals surface area contributed by atoms with Crippen molar-refractivity contribution in [2.24, 2.45) is 0 Å². The second kappa shape index (κ2) is 10.2. The minimum atomic E-state index is -0.369. The average molecular weight is 428 g/mol. The molecule has 1 N–H and O–H groups in total. The molecular weight excluding hydrogens is 402 g/mol. The second-order valence-electron chi connectivity index (χ2n) is 6.33. The molecule has 0 unspecified atom stereocenters. The molecule has 0 bridgehead atoms. The highest BCUT2D eigenvalue weighted by Gasteiger charge is 2.15.